The van der Waals surface area contributed by atoms with Crippen LogP contribution in [0.2, 0.25) is 0 Å². The molecule has 150 valence electrons. The highest BCUT2D eigenvalue weighted by atomic mass is 16.6. The minimum absolute atomic E-state index is 0.137. The van der Waals surface area contributed by atoms with Crippen molar-refractivity contribution >= 4 is 0 Å². The largest absolute Gasteiger partial charge is 0.486 e. The molecule has 3 aromatic rings. The van der Waals surface area contributed by atoms with Crippen molar-refractivity contribution in [3.8, 4) is 11.5 Å². The van der Waals surface area contributed by atoms with Crippen molar-refractivity contribution in [2.45, 2.75) is 25.0 Å². The molecule has 3 aromatic carbocycles. The summed E-state index contributed by atoms with van der Waals surface area (Å²) in [5, 5.41) is 14.9. The van der Waals surface area contributed by atoms with Crippen molar-refractivity contribution in [1.82, 2.24) is 5.32 Å². The molecule has 0 fully saturated rings. The molecule has 0 spiro atoms. The number of nitrogens with one attached hydrogen (secondary N) is 1. The summed E-state index contributed by atoms with van der Waals surface area (Å²) in [6.45, 7) is 4.07. The van der Waals surface area contributed by atoms with E-state index in [9.17, 15) is 5.11 Å². The molecule has 4 nitrogen and oxygen atoms in total. The lowest BCUT2D eigenvalue weighted by Gasteiger charge is -2.34. The summed E-state index contributed by atoms with van der Waals surface area (Å²) in [5.74, 6) is 1.45. The standard InChI is InChI=1S/C25H27NO3/c1-25(27,18-26-17-21-13-8-14-22-24(21)29-16-15-28-22)23(19-9-4-2-5-10-19)20-11-6-3-7-12-20/h2-14,23,26-27H,15-18H2,1H3. The second-order valence-electron chi connectivity index (χ2n) is 7.66. The number of benzene rings is 3. The number of hydrogen-bond donors (Lipinski definition) is 2. The van der Waals surface area contributed by atoms with Gasteiger partial charge in [0.05, 0.1) is 5.60 Å². The average molecular weight is 389 g/mol. The van der Waals surface area contributed by atoms with E-state index in [-0.39, 0.29) is 5.92 Å². The number of hydrogen-bond acceptors (Lipinski definition) is 4. The van der Waals surface area contributed by atoms with Crippen LogP contribution in [0.4, 0.5) is 0 Å². The average Bonchev–Trinajstić information content (AvgIpc) is 2.75. The van der Waals surface area contributed by atoms with Crippen molar-refractivity contribution in [2.24, 2.45) is 0 Å². The number of fused-ring (bicyclic) bond motifs is 1. The lowest BCUT2D eigenvalue weighted by molar-refractivity contribution is 0.0424. The minimum Gasteiger partial charge on any atom is -0.486 e. The van der Waals surface area contributed by atoms with E-state index in [0.717, 1.165) is 28.2 Å². The molecule has 0 aliphatic carbocycles. The van der Waals surface area contributed by atoms with E-state index in [1.54, 1.807) is 0 Å². The molecule has 0 radical (unpaired) electrons. The molecule has 1 aliphatic heterocycles. The Labute approximate surface area is 172 Å². The van der Waals surface area contributed by atoms with E-state index < -0.39 is 5.60 Å². The molecule has 2 N–H and O–H groups in total. The lowest BCUT2D eigenvalue weighted by Crippen LogP contribution is -2.43. The number of ether oxygens (including phenoxy) is 2. The second-order valence-corrected chi connectivity index (χ2v) is 7.66. The normalized spacial score (nSPS) is 15.1. The second kappa shape index (κ2) is 8.68. The Morgan fingerprint density at radius 2 is 1.48 bits per heavy atom. The van der Waals surface area contributed by atoms with E-state index in [2.05, 4.69) is 29.6 Å². The Kier molecular flexibility index (Phi) is 5.84. The van der Waals surface area contributed by atoms with Gasteiger partial charge < -0.3 is 19.9 Å². The Hall–Kier alpha value is -2.82. The van der Waals surface area contributed by atoms with Crippen LogP contribution < -0.4 is 14.8 Å². The van der Waals surface area contributed by atoms with Crippen LogP contribution in [-0.4, -0.2) is 30.5 Å². The third-order valence-corrected chi connectivity index (χ3v) is 5.33. The molecule has 4 rings (SSSR count). The predicted octanol–water partition coefficient (Wildman–Crippen LogP) is 4.13. The first-order valence-corrected chi connectivity index (χ1v) is 10.1. The topological polar surface area (TPSA) is 50.7 Å². The van der Waals surface area contributed by atoms with Gasteiger partial charge in [-0.1, -0.05) is 72.8 Å². The van der Waals surface area contributed by atoms with Crippen LogP contribution >= 0.6 is 0 Å². The molecular weight excluding hydrogens is 362 g/mol. The summed E-state index contributed by atoms with van der Waals surface area (Å²) >= 11 is 0. The highest BCUT2D eigenvalue weighted by Crippen LogP contribution is 2.36. The fourth-order valence-electron chi connectivity index (χ4n) is 4.03. The fraction of sp³-hybridized carbons (Fsp3) is 0.280. The highest BCUT2D eigenvalue weighted by Gasteiger charge is 2.34. The van der Waals surface area contributed by atoms with Gasteiger partial charge in [-0.2, -0.15) is 0 Å². The van der Waals surface area contributed by atoms with Crippen LogP contribution in [0.1, 0.15) is 29.5 Å². The summed E-state index contributed by atoms with van der Waals surface area (Å²) in [5.41, 5.74) is 2.25. The summed E-state index contributed by atoms with van der Waals surface area (Å²) in [7, 11) is 0. The van der Waals surface area contributed by atoms with Crippen molar-refractivity contribution in [3.05, 3.63) is 95.6 Å². The first kappa shape index (κ1) is 19.5. The molecule has 1 unspecified atom stereocenters. The zero-order valence-corrected chi connectivity index (χ0v) is 16.7. The van der Waals surface area contributed by atoms with Crippen LogP contribution in [0.5, 0.6) is 11.5 Å². The maximum absolute atomic E-state index is 11.5. The highest BCUT2D eigenvalue weighted by molar-refractivity contribution is 5.47. The van der Waals surface area contributed by atoms with Gasteiger partial charge in [-0.15, -0.1) is 0 Å². The van der Waals surface area contributed by atoms with Crippen molar-refractivity contribution in [3.63, 3.8) is 0 Å². The van der Waals surface area contributed by atoms with Crippen LogP contribution in [0.3, 0.4) is 0 Å². The lowest BCUT2D eigenvalue weighted by atomic mass is 9.78. The van der Waals surface area contributed by atoms with Gasteiger partial charge in [0.1, 0.15) is 13.2 Å². The fourth-order valence-corrected chi connectivity index (χ4v) is 4.03. The van der Waals surface area contributed by atoms with Crippen LogP contribution in [-0.2, 0) is 6.54 Å². The first-order chi connectivity index (χ1) is 14.1. The maximum atomic E-state index is 11.5. The van der Waals surface area contributed by atoms with E-state index in [0.29, 0.717) is 26.3 Å². The molecule has 1 heterocycles. The quantitative estimate of drug-likeness (QED) is 0.638. The van der Waals surface area contributed by atoms with Gasteiger partial charge in [0, 0.05) is 24.6 Å². The number of para-hydroxylation sites is 1. The van der Waals surface area contributed by atoms with Crippen molar-refractivity contribution < 1.29 is 14.6 Å². The third-order valence-electron chi connectivity index (χ3n) is 5.33. The van der Waals surface area contributed by atoms with Gasteiger partial charge in [0.15, 0.2) is 11.5 Å². The minimum atomic E-state index is -0.977. The van der Waals surface area contributed by atoms with Gasteiger partial charge >= 0.3 is 0 Å². The van der Waals surface area contributed by atoms with Gasteiger partial charge in [-0.25, -0.2) is 0 Å². The monoisotopic (exact) mass is 389 g/mol. The number of rotatable bonds is 7. The Bertz CT molecular complexity index is 886. The predicted molar refractivity (Wildman–Crippen MR) is 114 cm³/mol. The molecule has 1 aliphatic rings. The van der Waals surface area contributed by atoms with Crippen molar-refractivity contribution in [2.75, 3.05) is 19.8 Å². The molecule has 0 bridgehead atoms. The van der Waals surface area contributed by atoms with Crippen LogP contribution in [0, 0.1) is 0 Å². The Morgan fingerprint density at radius 1 is 0.862 bits per heavy atom. The zero-order chi connectivity index (χ0) is 20.1. The van der Waals surface area contributed by atoms with Crippen LogP contribution in [0.25, 0.3) is 0 Å². The Morgan fingerprint density at radius 3 is 2.14 bits per heavy atom. The molecule has 1 atom stereocenters. The SMILES string of the molecule is CC(O)(CNCc1cccc2c1OCCO2)C(c1ccccc1)c1ccccc1. The van der Waals surface area contributed by atoms with E-state index in [1.165, 1.54) is 0 Å². The third kappa shape index (κ3) is 4.44. The first-order valence-electron chi connectivity index (χ1n) is 10.1. The summed E-state index contributed by atoms with van der Waals surface area (Å²) in [6, 6.07) is 26.3. The van der Waals surface area contributed by atoms with Gasteiger partial charge in [0.25, 0.3) is 0 Å². The molecule has 0 aromatic heterocycles. The molecule has 0 amide bonds. The summed E-state index contributed by atoms with van der Waals surface area (Å²) in [4.78, 5) is 0. The van der Waals surface area contributed by atoms with E-state index in [4.69, 9.17) is 9.47 Å². The van der Waals surface area contributed by atoms with Gasteiger partial charge in [0.2, 0.25) is 0 Å². The Balaban J connectivity index is 1.52. The van der Waals surface area contributed by atoms with Gasteiger partial charge in [-0.05, 0) is 24.1 Å². The molecule has 29 heavy (non-hydrogen) atoms. The number of aliphatic hydroxyl groups is 1. The van der Waals surface area contributed by atoms with Crippen LogP contribution in [0.15, 0.2) is 78.9 Å². The molecular formula is C25H27NO3. The van der Waals surface area contributed by atoms with Crippen molar-refractivity contribution in [1.29, 1.82) is 0 Å². The zero-order valence-electron chi connectivity index (χ0n) is 16.7. The van der Waals surface area contributed by atoms with Gasteiger partial charge in [-0.3, -0.25) is 0 Å². The van der Waals surface area contributed by atoms with E-state index in [1.807, 2.05) is 61.5 Å². The van der Waals surface area contributed by atoms with E-state index >= 15 is 0 Å². The maximum Gasteiger partial charge on any atom is 0.165 e. The molecule has 4 heteroatoms. The summed E-state index contributed by atoms with van der Waals surface area (Å²) in [6.07, 6.45) is 0. The summed E-state index contributed by atoms with van der Waals surface area (Å²) < 4.78 is 11.5. The smallest absolute Gasteiger partial charge is 0.165 e. The molecule has 0 saturated heterocycles. The molecule has 0 saturated carbocycles.